The molecule has 1 aliphatic heterocycles. The number of hydrogen-bond acceptors (Lipinski definition) is 12. The quantitative estimate of drug-likeness (QED) is 0.0694. The Labute approximate surface area is 407 Å². The Bertz CT molecular complexity index is 2500. The van der Waals surface area contributed by atoms with E-state index in [2.05, 4.69) is 58.4 Å². The van der Waals surface area contributed by atoms with Gasteiger partial charge in [-0.3, -0.25) is 24.5 Å². The molecule has 1 fully saturated rings. The van der Waals surface area contributed by atoms with Gasteiger partial charge in [0.25, 0.3) is 5.91 Å². The fraction of sp³-hybridized carbons (Fsp3) is 0.460. The highest BCUT2D eigenvalue weighted by atomic mass is 19.1. The summed E-state index contributed by atoms with van der Waals surface area (Å²) in [5.74, 6) is 4.17. The Morgan fingerprint density at radius 3 is 1.97 bits per heavy atom. The lowest BCUT2D eigenvalue weighted by atomic mass is 9.85. The van der Waals surface area contributed by atoms with Crippen molar-refractivity contribution in [3.05, 3.63) is 101 Å². The van der Waals surface area contributed by atoms with Gasteiger partial charge in [-0.05, 0) is 65.3 Å². The first-order valence-corrected chi connectivity index (χ1v) is 22.9. The number of hydrazine groups is 1. The van der Waals surface area contributed by atoms with Crippen molar-refractivity contribution in [3.63, 3.8) is 0 Å². The van der Waals surface area contributed by atoms with Crippen molar-refractivity contribution in [3.8, 4) is 23.1 Å². The zero-order valence-corrected chi connectivity index (χ0v) is 41.1. The molecule has 18 nitrogen and oxygen atoms in total. The van der Waals surface area contributed by atoms with Gasteiger partial charge in [0.1, 0.15) is 29.5 Å². The number of aryl methyl sites for hydroxylation is 1. The molecule has 70 heavy (non-hydrogen) atoms. The van der Waals surface area contributed by atoms with Crippen LogP contribution in [0.25, 0.3) is 11.3 Å². The molecule has 1 aliphatic rings. The number of anilines is 1. The molecule has 0 unspecified atom stereocenters. The molecule has 4 atom stereocenters. The number of nitrogens with zero attached hydrogens (tertiary/aromatic N) is 5. The maximum Gasteiger partial charge on any atom is 0.407 e. The monoisotopic (exact) mass is 970 g/mol. The molecule has 0 aliphatic carbocycles. The number of ether oxygens (including phenoxy) is 2. The highest BCUT2D eigenvalue weighted by Crippen LogP contribution is 2.25. The van der Waals surface area contributed by atoms with Crippen LogP contribution in [0, 0.1) is 34.3 Å². The molecule has 20 heteroatoms. The highest BCUT2D eigenvalue weighted by Gasteiger charge is 2.36. The number of aromatic nitrogens is 3. The van der Waals surface area contributed by atoms with Gasteiger partial charge < -0.3 is 40.3 Å². The second kappa shape index (κ2) is 23.9. The lowest BCUT2D eigenvalue weighted by Gasteiger charge is -2.34. The first kappa shape index (κ1) is 53.8. The van der Waals surface area contributed by atoms with E-state index in [0.29, 0.717) is 48.6 Å². The van der Waals surface area contributed by atoms with Crippen LogP contribution in [-0.4, -0.2) is 125 Å². The largest absolute Gasteiger partial charge is 0.453 e. The molecule has 5 rings (SSSR count). The minimum Gasteiger partial charge on any atom is -0.453 e. The van der Waals surface area contributed by atoms with E-state index in [0.717, 1.165) is 18.0 Å². The Kier molecular flexibility index (Phi) is 18.4. The summed E-state index contributed by atoms with van der Waals surface area (Å²) in [4.78, 5) is 72.7. The Hall–Kier alpha value is -7.11. The van der Waals surface area contributed by atoms with E-state index in [1.54, 1.807) is 98.2 Å². The third-order valence-corrected chi connectivity index (χ3v) is 11.6. The van der Waals surface area contributed by atoms with Gasteiger partial charge in [-0.15, -0.1) is 0 Å². The zero-order chi connectivity index (χ0) is 51.3. The maximum absolute atomic E-state index is 15.0. The first-order valence-electron chi connectivity index (χ1n) is 22.9. The summed E-state index contributed by atoms with van der Waals surface area (Å²) in [5, 5.41) is 23.7. The van der Waals surface area contributed by atoms with E-state index < -0.39 is 77.3 Å². The molecule has 5 amide bonds. The first-order chi connectivity index (χ1) is 33.0. The van der Waals surface area contributed by atoms with Crippen molar-refractivity contribution < 1.29 is 47.3 Å². The Morgan fingerprint density at radius 1 is 0.814 bits per heavy atom. The fourth-order valence-electron chi connectivity index (χ4n) is 7.52. The minimum absolute atomic E-state index is 0.0579. The summed E-state index contributed by atoms with van der Waals surface area (Å²) in [7, 11) is 2.86. The number of nitrogens with one attached hydrogen (secondary N) is 5. The van der Waals surface area contributed by atoms with Crippen LogP contribution in [0.15, 0.2) is 67.0 Å². The number of alkyl carbamates (subject to hydrolysis) is 2. The van der Waals surface area contributed by atoms with Gasteiger partial charge in [-0.1, -0.05) is 65.5 Å². The number of amides is 5. The summed E-state index contributed by atoms with van der Waals surface area (Å²) in [6.45, 7) is 13.9. The van der Waals surface area contributed by atoms with Crippen LogP contribution in [0.3, 0.4) is 0 Å². The van der Waals surface area contributed by atoms with E-state index in [1.807, 2.05) is 17.0 Å². The number of hydrogen-bond donors (Lipinski definition) is 6. The molecular weight excluding hydrogens is 907 g/mol. The Morgan fingerprint density at radius 2 is 1.41 bits per heavy atom. The van der Waals surface area contributed by atoms with Crippen molar-refractivity contribution in [2.75, 3.05) is 51.3 Å². The van der Waals surface area contributed by atoms with Crippen molar-refractivity contribution >= 4 is 35.7 Å². The molecule has 4 aromatic rings. The van der Waals surface area contributed by atoms with Crippen molar-refractivity contribution in [1.29, 1.82) is 0 Å². The molecule has 0 bridgehead atoms. The van der Waals surface area contributed by atoms with Crippen LogP contribution in [0.2, 0.25) is 0 Å². The number of carbonyl (C=O) groups excluding carboxylic acids is 5. The molecular formula is C50H64F2N10O8. The lowest BCUT2D eigenvalue weighted by Crippen LogP contribution is -2.60. The van der Waals surface area contributed by atoms with Gasteiger partial charge >= 0.3 is 12.2 Å². The van der Waals surface area contributed by atoms with Gasteiger partial charge in [0, 0.05) is 87.8 Å². The number of halogens is 2. The number of piperazine rings is 1. The predicted molar refractivity (Wildman–Crippen MR) is 258 cm³/mol. The third kappa shape index (κ3) is 15.5. The van der Waals surface area contributed by atoms with Crippen molar-refractivity contribution in [2.45, 2.75) is 85.5 Å². The van der Waals surface area contributed by atoms with Gasteiger partial charge in [-0.2, -0.15) is 5.10 Å². The SMILES string of the molecule is COC(=O)N[C@H](C(=O)NNC[C@H](O)[C@H](Cc1ccc(C#Cc2ccc(N3CCN(C(C)=O)CC3)nc2)cc1)NC(=O)[C@@H](NC(=O)OCCc1c(F)cc(-c2ccn(C)n2)cc1F)C(C)(C)C)C(C)(C)C. The van der Waals surface area contributed by atoms with Crippen LogP contribution < -0.4 is 31.7 Å². The smallest absolute Gasteiger partial charge is 0.407 e. The molecule has 3 heterocycles. The number of methoxy groups -OCH3 is 1. The topological polar surface area (TPSA) is 221 Å². The minimum atomic E-state index is -1.33. The maximum atomic E-state index is 15.0. The zero-order valence-electron chi connectivity index (χ0n) is 41.1. The van der Waals surface area contributed by atoms with Crippen LogP contribution in [0.5, 0.6) is 0 Å². The molecule has 1 saturated heterocycles. The molecule has 0 spiro atoms. The van der Waals surface area contributed by atoms with E-state index in [1.165, 1.54) is 11.8 Å². The average molecular weight is 971 g/mol. The second-order valence-corrected chi connectivity index (χ2v) is 19.2. The molecule has 2 aromatic heterocycles. The van der Waals surface area contributed by atoms with Crippen LogP contribution in [-0.2, 0) is 43.7 Å². The standard InChI is InChI=1S/C50H64F2N10O8/c1-31(63)61-21-23-62(24-22-61)42-17-16-34(29-53-42)15-12-32-10-13-33(14-11-32)26-40(41(64)30-54-58-46(66)44(50(5,6)7)56-47(67)69-9)55-45(65)43(49(2,3)4)57-48(68)70-25-19-36-37(51)27-35(28-38(36)52)39-18-20-60(8)59-39/h10-11,13-14,16-18,20,27-29,40-41,43-44,54,64H,19,21-26,30H2,1-9H3,(H,55,65)(H,56,67)(H,57,68)(H,58,66)/t40-,41-,43+,44+/m0/s1. The number of rotatable bonds is 16. The van der Waals surface area contributed by atoms with E-state index in [4.69, 9.17) is 4.74 Å². The summed E-state index contributed by atoms with van der Waals surface area (Å²) in [5.41, 5.74) is 6.05. The summed E-state index contributed by atoms with van der Waals surface area (Å²) in [6.07, 6.45) is 0.00226. The highest BCUT2D eigenvalue weighted by molar-refractivity contribution is 5.87. The van der Waals surface area contributed by atoms with E-state index >= 15 is 8.78 Å². The van der Waals surface area contributed by atoms with Crippen LogP contribution in [0.1, 0.15) is 70.7 Å². The summed E-state index contributed by atoms with van der Waals surface area (Å²) >= 11 is 0. The van der Waals surface area contributed by atoms with Crippen LogP contribution >= 0.6 is 0 Å². The normalized spacial score (nSPS) is 14.5. The number of aliphatic hydroxyl groups excluding tert-OH is 1. The van der Waals surface area contributed by atoms with Gasteiger partial charge in [-0.25, -0.2) is 28.8 Å². The summed E-state index contributed by atoms with van der Waals surface area (Å²) in [6, 6.07) is 11.7. The Balaban J connectivity index is 1.26. The van der Waals surface area contributed by atoms with Gasteiger partial charge in [0.2, 0.25) is 11.8 Å². The molecule has 2 aromatic carbocycles. The molecule has 0 saturated carbocycles. The number of pyridine rings is 1. The summed E-state index contributed by atoms with van der Waals surface area (Å²) < 4.78 is 41.6. The lowest BCUT2D eigenvalue weighted by molar-refractivity contribution is -0.129. The third-order valence-electron chi connectivity index (χ3n) is 11.6. The number of aliphatic hydroxyl groups is 1. The van der Waals surface area contributed by atoms with Crippen LogP contribution in [0.4, 0.5) is 24.2 Å². The van der Waals surface area contributed by atoms with Crippen molar-refractivity contribution in [1.82, 2.24) is 46.5 Å². The van der Waals surface area contributed by atoms with Gasteiger partial charge in [0.05, 0.1) is 31.6 Å². The number of carbonyl (C=O) groups is 5. The molecule has 6 N–H and O–H groups in total. The number of benzene rings is 2. The van der Waals surface area contributed by atoms with Gasteiger partial charge in [0.15, 0.2) is 0 Å². The predicted octanol–water partition coefficient (Wildman–Crippen LogP) is 3.99. The fourth-order valence-corrected chi connectivity index (χ4v) is 7.52. The molecule has 376 valence electrons. The van der Waals surface area contributed by atoms with E-state index in [9.17, 15) is 29.1 Å². The second-order valence-electron chi connectivity index (χ2n) is 19.2. The molecule has 0 radical (unpaired) electrons. The van der Waals surface area contributed by atoms with Crippen molar-refractivity contribution in [2.24, 2.45) is 17.9 Å². The van der Waals surface area contributed by atoms with E-state index in [-0.39, 0.29) is 36.4 Å². The average Bonchev–Trinajstić information content (AvgIpc) is 3.75.